The Morgan fingerprint density at radius 1 is 1.71 bits per heavy atom. The summed E-state index contributed by atoms with van der Waals surface area (Å²) < 4.78 is 4.68. The van der Waals surface area contributed by atoms with Gasteiger partial charge in [0.15, 0.2) is 0 Å². The summed E-state index contributed by atoms with van der Waals surface area (Å²) in [5.41, 5.74) is 0. The number of hydrogen-bond donors (Lipinski definition) is 0. The molecule has 0 bridgehead atoms. The Balaban J connectivity index is 2.83. The molecule has 0 saturated heterocycles. The number of alkyl halides is 2. The molecule has 7 heavy (non-hydrogen) atoms. The Morgan fingerprint density at radius 2 is 2.29 bits per heavy atom. The summed E-state index contributed by atoms with van der Waals surface area (Å²) in [6.45, 7) is 0.533. The highest BCUT2D eigenvalue weighted by atomic mass is 35.5. The molecule has 0 amide bonds. The van der Waals surface area contributed by atoms with Gasteiger partial charge in [0.2, 0.25) is 0 Å². The predicted octanol–water partition coefficient (Wildman–Crippen LogP) is 1.48. The van der Waals surface area contributed by atoms with Crippen LogP contribution in [0.5, 0.6) is 0 Å². The molecule has 0 radical (unpaired) electrons. The monoisotopic (exact) mass is 142 g/mol. The Morgan fingerprint density at radius 3 is 2.43 bits per heavy atom. The van der Waals surface area contributed by atoms with E-state index in [1.165, 1.54) is 0 Å². The van der Waals surface area contributed by atoms with Crippen molar-refractivity contribution in [1.82, 2.24) is 0 Å². The Bertz CT molecular complexity index is 40.7. The molecule has 0 heterocycles. The van der Waals surface area contributed by atoms with E-state index in [-0.39, 0.29) is 5.38 Å². The summed E-state index contributed by atoms with van der Waals surface area (Å²) in [6.07, 6.45) is 0. The highest BCUT2D eigenvalue weighted by Gasteiger charge is 1.97. The Hall–Kier alpha value is 0.540. The van der Waals surface area contributed by atoms with Gasteiger partial charge in [-0.2, -0.15) is 0 Å². The van der Waals surface area contributed by atoms with Crippen LogP contribution in [-0.2, 0) is 4.74 Å². The van der Waals surface area contributed by atoms with Gasteiger partial charge in [-0.1, -0.05) is 0 Å². The maximum absolute atomic E-state index is 5.51. The van der Waals surface area contributed by atoms with Crippen LogP contribution in [0.2, 0.25) is 0 Å². The highest BCUT2D eigenvalue weighted by Crippen LogP contribution is 1.96. The molecule has 0 aromatic rings. The van der Waals surface area contributed by atoms with Gasteiger partial charge < -0.3 is 4.74 Å². The van der Waals surface area contributed by atoms with Gasteiger partial charge in [-0.3, -0.25) is 0 Å². The van der Waals surface area contributed by atoms with E-state index in [0.29, 0.717) is 12.5 Å². The van der Waals surface area contributed by atoms with E-state index in [2.05, 4.69) is 4.74 Å². The van der Waals surface area contributed by atoms with E-state index in [0.717, 1.165) is 0 Å². The number of methoxy groups -OCH3 is 1. The lowest BCUT2D eigenvalue weighted by Gasteiger charge is -1.99. The van der Waals surface area contributed by atoms with E-state index in [9.17, 15) is 0 Å². The molecule has 0 spiro atoms. The molecule has 0 aliphatic carbocycles. The lowest BCUT2D eigenvalue weighted by Crippen LogP contribution is -2.07. The zero-order chi connectivity index (χ0) is 5.70. The van der Waals surface area contributed by atoms with Crippen molar-refractivity contribution in [1.29, 1.82) is 0 Å². The number of ether oxygens (including phenoxy) is 1. The van der Waals surface area contributed by atoms with Crippen LogP contribution < -0.4 is 0 Å². The Labute approximate surface area is 53.6 Å². The fourth-order valence-electron chi connectivity index (χ4n) is 0.225. The second-order valence-electron chi connectivity index (χ2n) is 1.21. The van der Waals surface area contributed by atoms with Crippen molar-refractivity contribution in [2.45, 2.75) is 5.38 Å². The standard InChI is InChI=1S/C4H8Cl2O/c1-7-3-4(6)2-5/h4H,2-3H2,1H3. The Kier molecular flexibility index (Phi) is 5.05. The summed E-state index contributed by atoms with van der Waals surface area (Å²) in [4.78, 5) is 0. The zero-order valence-corrected chi connectivity index (χ0v) is 5.67. The third kappa shape index (κ3) is 4.39. The SMILES string of the molecule is COCC(Cl)CCl. The molecule has 1 nitrogen and oxygen atoms in total. The average Bonchev–Trinajstić information content (AvgIpc) is 1.68. The lowest BCUT2D eigenvalue weighted by molar-refractivity contribution is 0.202. The third-order valence-corrected chi connectivity index (χ3v) is 1.33. The first-order valence-corrected chi connectivity index (χ1v) is 2.97. The molecule has 1 atom stereocenters. The van der Waals surface area contributed by atoms with Crippen molar-refractivity contribution in [3.05, 3.63) is 0 Å². The molecule has 0 N–H and O–H groups in total. The molecule has 0 aromatic carbocycles. The minimum absolute atomic E-state index is 0.0355. The minimum atomic E-state index is -0.0355. The smallest absolute Gasteiger partial charge is 0.0704 e. The predicted molar refractivity (Wildman–Crippen MR) is 32.2 cm³/mol. The van der Waals surface area contributed by atoms with E-state index in [1.807, 2.05) is 0 Å². The van der Waals surface area contributed by atoms with E-state index in [1.54, 1.807) is 7.11 Å². The first kappa shape index (κ1) is 7.54. The van der Waals surface area contributed by atoms with Crippen molar-refractivity contribution < 1.29 is 4.74 Å². The third-order valence-electron chi connectivity index (χ3n) is 0.515. The second-order valence-corrected chi connectivity index (χ2v) is 2.13. The van der Waals surface area contributed by atoms with Crippen molar-refractivity contribution >= 4 is 23.2 Å². The molecule has 1 unspecified atom stereocenters. The van der Waals surface area contributed by atoms with Crippen LogP contribution in [0.4, 0.5) is 0 Å². The van der Waals surface area contributed by atoms with Gasteiger partial charge in [-0.05, 0) is 0 Å². The quantitative estimate of drug-likeness (QED) is 0.543. The summed E-state index contributed by atoms with van der Waals surface area (Å²) >= 11 is 10.8. The summed E-state index contributed by atoms with van der Waals surface area (Å²) in [5.74, 6) is 0.454. The average molecular weight is 143 g/mol. The van der Waals surface area contributed by atoms with Crippen LogP contribution in [-0.4, -0.2) is 25.0 Å². The second kappa shape index (κ2) is 4.69. The number of rotatable bonds is 3. The lowest BCUT2D eigenvalue weighted by atomic mass is 10.5. The van der Waals surface area contributed by atoms with Gasteiger partial charge in [0, 0.05) is 13.0 Å². The molecular weight excluding hydrogens is 135 g/mol. The van der Waals surface area contributed by atoms with Crippen molar-refractivity contribution in [2.75, 3.05) is 19.6 Å². The first-order valence-electron chi connectivity index (χ1n) is 2.00. The van der Waals surface area contributed by atoms with E-state index >= 15 is 0 Å². The van der Waals surface area contributed by atoms with E-state index in [4.69, 9.17) is 23.2 Å². The fourth-order valence-corrected chi connectivity index (χ4v) is 0.440. The summed E-state index contributed by atoms with van der Waals surface area (Å²) in [6, 6.07) is 0. The van der Waals surface area contributed by atoms with Crippen LogP contribution in [0, 0.1) is 0 Å². The van der Waals surface area contributed by atoms with Gasteiger partial charge >= 0.3 is 0 Å². The van der Waals surface area contributed by atoms with E-state index < -0.39 is 0 Å². The van der Waals surface area contributed by atoms with Crippen LogP contribution in [0.1, 0.15) is 0 Å². The highest BCUT2D eigenvalue weighted by molar-refractivity contribution is 6.28. The largest absolute Gasteiger partial charge is 0.383 e. The number of hydrogen-bond acceptors (Lipinski definition) is 1. The number of halogens is 2. The molecule has 0 saturated carbocycles. The molecule has 3 heteroatoms. The normalized spacial score (nSPS) is 14.1. The molecule has 0 fully saturated rings. The topological polar surface area (TPSA) is 9.23 Å². The molecular formula is C4H8Cl2O. The van der Waals surface area contributed by atoms with Gasteiger partial charge in [0.05, 0.1) is 12.0 Å². The maximum atomic E-state index is 5.51. The van der Waals surface area contributed by atoms with Gasteiger partial charge in [0.25, 0.3) is 0 Å². The first-order chi connectivity index (χ1) is 3.31. The van der Waals surface area contributed by atoms with Gasteiger partial charge in [-0.25, -0.2) is 0 Å². The molecule has 44 valence electrons. The molecule has 0 aliphatic rings. The molecule has 0 aromatic heterocycles. The minimum Gasteiger partial charge on any atom is -0.383 e. The maximum Gasteiger partial charge on any atom is 0.0704 e. The fraction of sp³-hybridized carbons (Fsp3) is 1.00. The van der Waals surface area contributed by atoms with Crippen molar-refractivity contribution in [3.63, 3.8) is 0 Å². The summed E-state index contributed by atoms with van der Waals surface area (Å²) in [7, 11) is 1.60. The van der Waals surface area contributed by atoms with Crippen LogP contribution >= 0.6 is 23.2 Å². The molecule has 0 rings (SSSR count). The zero-order valence-electron chi connectivity index (χ0n) is 4.16. The molecule has 0 aliphatic heterocycles. The van der Waals surface area contributed by atoms with Crippen molar-refractivity contribution in [3.8, 4) is 0 Å². The summed E-state index contributed by atoms with van der Waals surface area (Å²) in [5, 5.41) is -0.0355. The van der Waals surface area contributed by atoms with Gasteiger partial charge in [-0.15, -0.1) is 23.2 Å². The van der Waals surface area contributed by atoms with Crippen molar-refractivity contribution in [2.24, 2.45) is 0 Å². The van der Waals surface area contributed by atoms with Gasteiger partial charge in [0.1, 0.15) is 0 Å². The van der Waals surface area contributed by atoms with Crippen LogP contribution in [0.25, 0.3) is 0 Å². The van der Waals surface area contributed by atoms with Crippen LogP contribution in [0.15, 0.2) is 0 Å². The van der Waals surface area contributed by atoms with Crippen LogP contribution in [0.3, 0.4) is 0 Å².